The van der Waals surface area contributed by atoms with Crippen LogP contribution in [0.2, 0.25) is 0 Å². The van der Waals surface area contributed by atoms with Crippen LogP contribution in [0.3, 0.4) is 0 Å². The van der Waals surface area contributed by atoms with Crippen molar-refractivity contribution >= 4 is 5.96 Å². The first-order valence-corrected chi connectivity index (χ1v) is 9.68. The Balaban J connectivity index is 1.62. The molecule has 1 N–H and O–H groups in total. The molecule has 1 aliphatic rings. The van der Waals surface area contributed by atoms with Crippen molar-refractivity contribution in [2.45, 2.75) is 13.0 Å². The number of rotatable bonds is 8. The highest BCUT2D eigenvalue weighted by molar-refractivity contribution is 5.79. The minimum Gasteiger partial charge on any atom is -0.496 e. The van der Waals surface area contributed by atoms with E-state index >= 15 is 0 Å². The summed E-state index contributed by atoms with van der Waals surface area (Å²) < 4.78 is 27.2. The molecule has 0 radical (unpaired) electrons. The van der Waals surface area contributed by atoms with Crippen molar-refractivity contribution in [3.8, 4) is 28.7 Å². The maximum atomic E-state index is 5.53. The molecule has 0 unspecified atom stereocenters. The molecule has 3 rings (SSSR count). The van der Waals surface area contributed by atoms with E-state index in [1.165, 1.54) is 0 Å². The van der Waals surface area contributed by atoms with Gasteiger partial charge in [0.2, 0.25) is 6.79 Å². The molecule has 0 aliphatic carbocycles. The van der Waals surface area contributed by atoms with Gasteiger partial charge in [0, 0.05) is 44.9 Å². The minimum absolute atomic E-state index is 0.274. The van der Waals surface area contributed by atoms with Gasteiger partial charge in [0.25, 0.3) is 0 Å². The molecule has 8 nitrogen and oxygen atoms in total. The fourth-order valence-electron chi connectivity index (χ4n) is 3.40. The van der Waals surface area contributed by atoms with E-state index in [0.717, 1.165) is 40.1 Å². The predicted octanol–water partition coefficient (Wildman–Crippen LogP) is 2.69. The number of methoxy groups -OCH3 is 3. The summed E-state index contributed by atoms with van der Waals surface area (Å²) in [5, 5.41) is 3.40. The largest absolute Gasteiger partial charge is 0.496 e. The fourth-order valence-corrected chi connectivity index (χ4v) is 3.40. The molecule has 0 atom stereocenters. The van der Waals surface area contributed by atoms with Crippen molar-refractivity contribution in [3.05, 3.63) is 41.5 Å². The Kier molecular flexibility index (Phi) is 7.11. The number of ether oxygens (including phenoxy) is 5. The van der Waals surface area contributed by atoms with E-state index in [1.807, 2.05) is 37.4 Å². The van der Waals surface area contributed by atoms with E-state index < -0.39 is 0 Å². The first-order chi connectivity index (χ1) is 14.6. The molecule has 30 heavy (non-hydrogen) atoms. The molecule has 1 aliphatic heterocycles. The zero-order valence-electron chi connectivity index (χ0n) is 18.2. The van der Waals surface area contributed by atoms with E-state index in [-0.39, 0.29) is 6.79 Å². The lowest BCUT2D eigenvalue weighted by molar-refractivity contribution is 0.174. The predicted molar refractivity (Wildman–Crippen MR) is 115 cm³/mol. The van der Waals surface area contributed by atoms with Crippen LogP contribution in [0.25, 0.3) is 0 Å². The van der Waals surface area contributed by atoms with E-state index in [4.69, 9.17) is 23.7 Å². The smallest absolute Gasteiger partial charge is 0.231 e. The third-order valence-electron chi connectivity index (χ3n) is 4.91. The van der Waals surface area contributed by atoms with Crippen LogP contribution >= 0.6 is 0 Å². The van der Waals surface area contributed by atoms with Crippen molar-refractivity contribution < 1.29 is 23.7 Å². The van der Waals surface area contributed by atoms with Crippen LogP contribution in [0, 0.1) is 0 Å². The summed E-state index contributed by atoms with van der Waals surface area (Å²) in [4.78, 5) is 6.45. The summed E-state index contributed by atoms with van der Waals surface area (Å²) in [6, 6.07) is 9.68. The van der Waals surface area contributed by atoms with Gasteiger partial charge in [0.05, 0.1) is 21.3 Å². The molecule has 0 amide bonds. The Morgan fingerprint density at radius 2 is 1.73 bits per heavy atom. The first kappa shape index (κ1) is 21.4. The summed E-state index contributed by atoms with van der Waals surface area (Å²) in [6.45, 7) is 1.62. The lowest BCUT2D eigenvalue weighted by Crippen LogP contribution is -2.39. The van der Waals surface area contributed by atoms with Gasteiger partial charge >= 0.3 is 0 Å². The normalized spacial score (nSPS) is 12.5. The zero-order chi connectivity index (χ0) is 21.5. The van der Waals surface area contributed by atoms with E-state index in [9.17, 15) is 0 Å². The molecule has 0 saturated heterocycles. The number of benzene rings is 2. The average molecular weight is 415 g/mol. The second kappa shape index (κ2) is 9.96. The van der Waals surface area contributed by atoms with Gasteiger partial charge in [0.15, 0.2) is 17.5 Å². The highest BCUT2D eigenvalue weighted by atomic mass is 16.7. The quantitative estimate of drug-likeness (QED) is 0.525. The standard InChI is InChI=1S/C22H29N3O5/c1-23-22(25(2)13-15-6-7-18-21(10-15)30-14-29-18)24-9-8-17-19(27-4)11-16(26-3)12-20(17)28-5/h6-7,10-12H,8-9,13-14H2,1-5H3,(H,23,24). The highest BCUT2D eigenvalue weighted by Crippen LogP contribution is 2.34. The molecular formula is C22H29N3O5. The number of nitrogens with one attached hydrogen (secondary N) is 1. The monoisotopic (exact) mass is 415 g/mol. The number of hydrogen-bond acceptors (Lipinski definition) is 6. The Morgan fingerprint density at radius 1 is 1.03 bits per heavy atom. The Bertz CT molecular complexity index is 875. The van der Waals surface area contributed by atoms with Gasteiger partial charge in [0.1, 0.15) is 17.2 Å². The van der Waals surface area contributed by atoms with Crippen molar-refractivity contribution in [1.29, 1.82) is 0 Å². The number of nitrogens with zero attached hydrogens (tertiary/aromatic N) is 2. The van der Waals surface area contributed by atoms with Crippen molar-refractivity contribution in [3.63, 3.8) is 0 Å². The van der Waals surface area contributed by atoms with Crippen LogP contribution in [-0.4, -0.2) is 59.6 Å². The third-order valence-corrected chi connectivity index (χ3v) is 4.91. The molecule has 162 valence electrons. The topological polar surface area (TPSA) is 73.8 Å². The highest BCUT2D eigenvalue weighted by Gasteiger charge is 2.16. The molecule has 0 bridgehead atoms. The summed E-state index contributed by atoms with van der Waals surface area (Å²) in [6.07, 6.45) is 0.702. The van der Waals surface area contributed by atoms with Gasteiger partial charge in [-0.2, -0.15) is 0 Å². The van der Waals surface area contributed by atoms with E-state index in [1.54, 1.807) is 28.4 Å². The molecule has 0 saturated carbocycles. The number of aliphatic imine (C=N–C) groups is 1. The molecule has 2 aromatic rings. The van der Waals surface area contributed by atoms with Gasteiger partial charge in [-0.05, 0) is 24.1 Å². The number of guanidine groups is 1. The number of hydrogen-bond donors (Lipinski definition) is 1. The molecule has 1 heterocycles. The Morgan fingerprint density at radius 3 is 2.37 bits per heavy atom. The maximum absolute atomic E-state index is 5.53. The van der Waals surface area contributed by atoms with Gasteiger partial charge in [-0.3, -0.25) is 4.99 Å². The number of fused-ring (bicyclic) bond motifs is 1. The lowest BCUT2D eigenvalue weighted by Gasteiger charge is -2.23. The Labute approximate surface area is 177 Å². The second-order valence-electron chi connectivity index (χ2n) is 6.78. The lowest BCUT2D eigenvalue weighted by atomic mass is 10.1. The van der Waals surface area contributed by atoms with Gasteiger partial charge in [-0.25, -0.2) is 0 Å². The van der Waals surface area contributed by atoms with Gasteiger partial charge in [-0.15, -0.1) is 0 Å². The van der Waals surface area contributed by atoms with Crippen LogP contribution in [0.5, 0.6) is 28.7 Å². The van der Waals surface area contributed by atoms with Crippen LogP contribution in [0.15, 0.2) is 35.3 Å². The van der Waals surface area contributed by atoms with Crippen LogP contribution < -0.4 is 29.0 Å². The summed E-state index contributed by atoms with van der Waals surface area (Å²) >= 11 is 0. The molecule has 0 aromatic heterocycles. The second-order valence-corrected chi connectivity index (χ2v) is 6.78. The fraction of sp³-hybridized carbons (Fsp3) is 0.409. The van der Waals surface area contributed by atoms with E-state index in [2.05, 4.69) is 15.2 Å². The Hall–Kier alpha value is -3.29. The molecule has 0 fully saturated rings. The van der Waals surface area contributed by atoms with Crippen LogP contribution in [-0.2, 0) is 13.0 Å². The first-order valence-electron chi connectivity index (χ1n) is 9.68. The summed E-state index contributed by atoms with van der Waals surface area (Å²) in [7, 11) is 8.67. The van der Waals surface area contributed by atoms with Crippen molar-refractivity contribution in [1.82, 2.24) is 10.2 Å². The molecular weight excluding hydrogens is 386 g/mol. The molecule has 2 aromatic carbocycles. The maximum Gasteiger partial charge on any atom is 0.231 e. The van der Waals surface area contributed by atoms with Crippen LogP contribution in [0.1, 0.15) is 11.1 Å². The molecule has 8 heteroatoms. The van der Waals surface area contributed by atoms with Gasteiger partial charge < -0.3 is 33.9 Å². The van der Waals surface area contributed by atoms with E-state index in [0.29, 0.717) is 25.3 Å². The SMILES string of the molecule is CN=C(NCCc1c(OC)cc(OC)cc1OC)N(C)Cc1ccc2c(c1)OCO2. The summed E-state index contributed by atoms with van der Waals surface area (Å²) in [5.74, 6) is 4.51. The molecule has 0 spiro atoms. The summed E-state index contributed by atoms with van der Waals surface area (Å²) in [5.41, 5.74) is 2.09. The zero-order valence-corrected chi connectivity index (χ0v) is 18.2. The van der Waals surface area contributed by atoms with Crippen molar-refractivity contribution in [2.75, 3.05) is 48.8 Å². The minimum atomic E-state index is 0.274. The van der Waals surface area contributed by atoms with Gasteiger partial charge in [-0.1, -0.05) is 6.07 Å². The van der Waals surface area contributed by atoms with Crippen LogP contribution in [0.4, 0.5) is 0 Å². The van der Waals surface area contributed by atoms with Crippen molar-refractivity contribution in [2.24, 2.45) is 4.99 Å². The average Bonchev–Trinajstić information content (AvgIpc) is 3.24. The third kappa shape index (κ3) is 4.82.